The molecule has 20 heavy (non-hydrogen) atoms. The summed E-state index contributed by atoms with van der Waals surface area (Å²) < 4.78 is 40.7. The van der Waals surface area contributed by atoms with Gasteiger partial charge >= 0.3 is 0 Å². The van der Waals surface area contributed by atoms with Crippen LogP contribution >= 0.6 is 15.9 Å². The van der Waals surface area contributed by atoms with Crippen molar-refractivity contribution < 1.29 is 12.8 Å². The van der Waals surface area contributed by atoms with Crippen molar-refractivity contribution in [3.63, 3.8) is 0 Å². The van der Waals surface area contributed by atoms with Crippen LogP contribution in [0.15, 0.2) is 27.6 Å². The van der Waals surface area contributed by atoms with E-state index in [9.17, 15) is 12.8 Å². The highest BCUT2D eigenvalue weighted by atomic mass is 79.9. The summed E-state index contributed by atoms with van der Waals surface area (Å²) in [6, 6.07) is 4.54. The second-order valence-electron chi connectivity index (χ2n) is 5.50. The molecule has 2 aliphatic heterocycles. The monoisotopic (exact) mass is 362 g/mol. The first-order chi connectivity index (χ1) is 9.44. The third-order valence-electron chi connectivity index (χ3n) is 4.00. The molecule has 2 aliphatic rings. The number of fused-ring (bicyclic) bond motifs is 2. The van der Waals surface area contributed by atoms with Gasteiger partial charge in [-0.05, 0) is 59.8 Å². The number of sulfonamides is 1. The molecule has 0 amide bonds. The molecule has 2 heterocycles. The molecule has 0 spiro atoms. The van der Waals surface area contributed by atoms with E-state index in [2.05, 4.69) is 26.0 Å². The quantitative estimate of drug-likeness (QED) is 0.865. The zero-order chi connectivity index (χ0) is 14.3. The first kappa shape index (κ1) is 14.4. The Balaban J connectivity index is 1.76. The van der Waals surface area contributed by atoms with E-state index in [0.717, 1.165) is 31.7 Å². The van der Waals surface area contributed by atoms with Crippen molar-refractivity contribution >= 4 is 26.0 Å². The Bertz CT molecular complexity index is 611. The van der Waals surface area contributed by atoms with Crippen LogP contribution in [-0.2, 0) is 10.0 Å². The molecule has 7 heteroatoms. The van der Waals surface area contributed by atoms with Crippen LogP contribution in [0, 0.1) is 5.82 Å². The average molecular weight is 363 g/mol. The van der Waals surface area contributed by atoms with Gasteiger partial charge in [0, 0.05) is 18.1 Å². The Kier molecular flexibility index (Phi) is 3.87. The fourth-order valence-electron chi connectivity index (χ4n) is 3.08. The second kappa shape index (κ2) is 5.36. The van der Waals surface area contributed by atoms with Crippen molar-refractivity contribution in [1.82, 2.24) is 10.0 Å². The maximum absolute atomic E-state index is 13.2. The lowest BCUT2D eigenvalue weighted by Crippen LogP contribution is -2.47. The van der Waals surface area contributed by atoms with Crippen molar-refractivity contribution in [3.8, 4) is 0 Å². The van der Waals surface area contributed by atoms with Crippen LogP contribution in [-0.4, -0.2) is 26.5 Å². The molecule has 4 nitrogen and oxygen atoms in total. The summed E-state index contributed by atoms with van der Waals surface area (Å²) in [5.41, 5.74) is 0. The summed E-state index contributed by atoms with van der Waals surface area (Å²) in [4.78, 5) is 0.0941. The van der Waals surface area contributed by atoms with Crippen LogP contribution in [0.4, 0.5) is 4.39 Å². The van der Waals surface area contributed by atoms with Crippen LogP contribution in [0.2, 0.25) is 0 Å². The van der Waals surface area contributed by atoms with Crippen LogP contribution in [0.3, 0.4) is 0 Å². The molecule has 3 rings (SSSR count). The van der Waals surface area contributed by atoms with Crippen molar-refractivity contribution in [2.24, 2.45) is 0 Å². The SMILES string of the molecule is O=S(=O)(NC1CC2CCC(C1)N2)c1ccc(F)c(Br)c1. The van der Waals surface area contributed by atoms with Gasteiger partial charge in [-0.1, -0.05) is 0 Å². The maximum Gasteiger partial charge on any atom is 0.240 e. The fraction of sp³-hybridized carbons (Fsp3) is 0.538. The minimum Gasteiger partial charge on any atom is -0.311 e. The van der Waals surface area contributed by atoms with E-state index in [4.69, 9.17) is 0 Å². The van der Waals surface area contributed by atoms with Gasteiger partial charge in [0.05, 0.1) is 9.37 Å². The zero-order valence-electron chi connectivity index (χ0n) is 10.8. The van der Waals surface area contributed by atoms with E-state index in [1.54, 1.807) is 0 Å². The molecule has 0 aliphatic carbocycles. The number of piperidine rings is 1. The second-order valence-corrected chi connectivity index (χ2v) is 8.07. The minimum absolute atomic E-state index is 0.0393. The smallest absolute Gasteiger partial charge is 0.240 e. The first-order valence-corrected chi connectivity index (χ1v) is 8.95. The number of rotatable bonds is 3. The average Bonchev–Trinajstić information content (AvgIpc) is 2.71. The maximum atomic E-state index is 13.2. The Morgan fingerprint density at radius 1 is 1.25 bits per heavy atom. The van der Waals surface area contributed by atoms with Gasteiger partial charge in [-0.15, -0.1) is 0 Å². The van der Waals surface area contributed by atoms with E-state index in [-0.39, 0.29) is 15.4 Å². The Morgan fingerprint density at radius 2 is 1.90 bits per heavy atom. The summed E-state index contributed by atoms with van der Waals surface area (Å²) in [6.45, 7) is 0. The molecule has 1 aromatic carbocycles. The molecule has 2 N–H and O–H groups in total. The van der Waals surface area contributed by atoms with Crippen molar-refractivity contribution in [3.05, 3.63) is 28.5 Å². The van der Waals surface area contributed by atoms with E-state index >= 15 is 0 Å². The molecular formula is C13H16BrFN2O2S. The first-order valence-electron chi connectivity index (χ1n) is 6.67. The topological polar surface area (TPSA) is 58.2 Å². The molecule has 0 saturated carbocycles. The van der Waals surface area contributed by atoms with Crippen LogP contribution in [0.1, 0.15) is 25.7 Å². The summed E-state index contributed by atoms with van der Waals surface area (Å²) in [6.07, 6.45) is 3.87. The van der Waals surface area contributed by atoms with Crippen LogP contribution in [0.25, 0.3) is 0 Å². The van der Waals surface area contributed by atoms with Gasteiger partial charge in [0.1, 0.15) is 5.82 Å². The predicted molar refractivity (Wildman–Crippen MR) is 77.4 cm³/mol. The summed E-state index contributed by atoms with van der Waals surface area (Å²) in [7, 11) is -3.59. The highest BCUT2D eigenvalue weighted by Crippen LogP contribution is 2.28. The lowest BCUT2D eigenvalue weighted by molar-refractivity contribution is 0.345. The molecule has 2 fully saturated rings. The summed E-state index contributed by atoms with van der Waals surface area (Å²) in [5, 5.41) is 3.47. The third-order valence-corrected chi connectivity index (χ3v) is 6.12. The predicted octanol–water partition coefficient (Wildman–Crippen LogP) is 2.15. The summed E-state index contributed by atoms with van der Waals surface area (Å²) in [5.74, 6) is -0.469. The number of benzene rings is 1. The van der Waals surface area contributed by atoms with Gasteiger partial charge in [-0.2, -0.15) is 0 Å². The van der Waals surface area contributed by atoms with Gasteiger partial charge in [0.2, 0.25) is 10.0 Å². The Labute approximate surface area is 126 Å². The molecule has 2 unspecified atom stereocenters. The molecule has 110 valence electrons. The van der Waals surface area contributed by atoms with Gasteiger partial charge < -0.3 is 5.32 Å². The number of nitrogens with one attached hydrogen (secondary N) is 2. The van der Waals surface area contributed by atoms with Crippen LogP contribution < -0.4 is 10.0 Å². The fourth-order valence-corrected chi connectivity index (χ4v) is 4.90. The van der Waals surface area contributed by atoms with Crippen molar-refractivity contribution in [2.75, 3.05) is 0 Å². The normalized spacial score (nSPS) is 29.6. The highest BCUT2D eigenvalue weighted by molar-refractivity contribution is 9.10. The number of hydrogen-bond acceptors (Lipinski definition) is 3. The van der Waals surface area contributed by atoms with Gasteiger partial charge in [-0.25, -0.2) is 17.5 Å². The van der Waals surface area contributed by atoms with Gasteiger partial charge in [-0.3, -0.25) is 0 Å². The Morgan fingerprint density at radius 3 is 2.50 bits per heavy atom. The van der Waals surface area contributed by atoms with E-state index in [0.29, 0.717) is 12.1 Å². The largest absolute Gasteiger partial charge is 0.311 e. The van der Waals surface area contributed by atoms with E-state index in [1.807, 2.05) is 0 Å². The van der Waals surface area contributed by atoms with E-state index in [1.165, 1.54) is 12.1 Å². The highest BCUT2D eigenvalue weighted by Gasteiger charge is 2.35. The molecule has 2 atom stereocenters. The summed E-state index contributed by atoms with van der Waals surface area (Å²) >= 11 is 3.02. The Hall–Kier alpha value is -0.500. The molecular weight excluding hydrogens is 347 g/mol. The molecule has 0 aromatic heterocycles. The van der Waals surface area contributed by atoms with E-state index < -0.39 is 15.8 Å². The molecule has 2 bridgehead atoms. The lowest BCUT2D eigenvalue weighted by atomic mass is 10.0. The minimum atomic E-state index is -3.59. The number of halogens is 2. The van der Waals surface area contributed by atoms with Gasteiger partial charge in [0.15, 0.2) is 0 Å². The third kappa shape index (κ3) is 2.90. The molecule has 0 radical (unpaired) electrons. The zero-order valence-corrected chi connectivity index (χ0v) is 13.2. The van der Waals surface area contributed by atoms with Gasteiger partial charge in [0.25, 0.3) is 0 Å². The van der Waals surface area contributed by atoms with Crippen molar-refractivity contribution in [2.45, 2.75) is 48.7 Å². The molecule has 1 aromatic rings. The van der Waals surface area contributed by atoms with Crippen molar-refractivity contribution in [1.29, 1.82) is 0 Å². The number of hydrogen-bond donors (Lipinski definition) is 2. The lowest BCUT2D eigenvalue weighted by Gasteiger charge is -2.29. The standard InChI is InChI=1S/C13H16BrFN2O2S/c14-12-7-11(3-4-13(12)15)20(18,19)17-10-5-8-1-2-9(6-10)16-8/h3-4,7-10,16-17H,1-2,5-6H2. The molecule has 2 saturated heterocycles. The van der Waals surface area contributed by atoms with Crippen LogP contribution in [0.5, 0.6) is 0 Å².